The van der Waals surface area contributed by atoms with Gasteiger partial charge in [-0.05, 0) is 38.0 Å². The van der Waals surface area contributed by atoms with Gasteiger partial charge in [0.1, 0.15) is 5.82 Å². The maximum absolute atomic E-state index is 13.4. The average Bonchev–Trinajstić information content (AvgIpc) is 2.56. The molecule has 1 saturated heterocycles. The Bertz CT molecular complexity index is 597. The maximum Gasteiger partial charge on any atom is 0.319 e. The van der Waals surface area contributed by atoms with Crippen LogP contribution in [-0.2, 0) is 4.79 Å². The number of carbonyl (C=O) groups is 2. The fourth-order valence-electron chi connectivity index (χ4n) is 2.56. The number of hydrogen-bond donors (Lipinski definition) is 1. The highest BCUT2D eigenvalue weighted by atomic mass is 35.5. The molecule has 1 N–H and O–H groups in total. The third-order valence-electron chi connectivity index (χ3n) is 4.05. The molecule has 1 aliphatic heterocycles. The summed E-state index contributed by atoms with van der Waals surface area (Å²) in [4.78, 5) is 27.9. The Labute approximate surface area is 140 Å². The van der Waals surface area contributed by atoms with Crippen LogP contribution in [-0.4, -0.2) is 48.4 Å². The molecule has 2 rings (SSSR count). The summed E-state index contributed by atoms with van der Waals surface area (Å²) in [5.74, 6) is -1.07. The molecule has 1 unspecified atom stereocenters. The standard InChI is InChI=1S/C16H21ClFN3O2/c1-3-20(2)16(23)21-8-4-5-11(10-21)15(22)19-12-6-7-13(17)14(18)9-12/h6-7,9,11H,3-5,8,10H2,1-2H3,(H,19,22). The quantitative estimate of drug-likeness (QED) is 0.917. The molecule has 1 aromatic rings. The summed E-state index contributed by atoms with van der Waals surface area (Å²) in [6.45, 7) is 3.56. The summed E-state index contributed by atoms with van der Waals surface area (Å²) in [6, 6.07) is 4.08. The van der Waals surface area contributed by atoms with Crippen LogP contribution in [0.2, 0.25) is 5.02 Å². The molecule has 1 fully saturated rings. The highest BCUT2D eigenvalue weighted by Gasteiger charge is 2.29. The number of carbonyl (C=O) groups excluding carboxylic acids is 2. The number of nitrogens with one attached hydrogen (secondary N) is 1. The number of nitrogens with zero attached hydrogens (tertiary/aromatic N) is 2. The lowest BCUT2D eigenvalue weighted by Gasteiger charge is -2.34. The van der Waals surface area contributed by atoms with Gasteiger partial charge in [0, 0.05) is 32.4 Å². The second-order valence-corrected chi connectivity index (χ2v) is 6.11. The molecule has 0 spiro atoms. The number of amides is 3. The smallest absolute Gasteiger partial charge is 0.319 e. The highest BCUT2D eigenvalue weighted by molar-refractivity contribution is 6.30. The molecule has 126 valence electrons. The number of anilines is 1. The summed E-state index contributed by atoms with van der Waals surface area (Å²) in [5, 5.41) is 2.71. The van der Waals surface area contributed by atoms with Crippen molar-refractivity contribution in [3.63, 3.8) is 0 Å². The molecule has 23 heavy (non-hydrogen) atoms. The molecule has 0 aliphatic carbocycles. The number of hydrogen-bond acceptors (Lipinski definition) is 2. The van der Waals surface area contributed by atoms with Gasteiger partial charge in [-0.2, -0.15) is 0 Å². The molecule has 1 aromatic carbocycles. The summed E-state index contributed by atoms with van der Waals surface area (Å²) in [7, 11) is 1.74. The second-order valence-electron chi connectivity index (χ2n) is 5.70. The molecule has 1 atom stereocenters. The molecular weight excluding hydrogens is 321 g/mol. The summed E-state index contributed by atoms with van der Waals surface area (Å²) in [6.07, 6.45) is 1.48. The second kappa shape index (κ2) is 7.64. The zero-order valence-corrected chi connectivity index (χ0v) is 14.1. The van der Waals surface area contributed by atoms with Gasteiger partial charge < -0.3 is 15.1 Å². The molecule has 0 radical (unpaired) electrons. The van der Waals surface area contributed by atoms with E-state index < -0.39 is 5.82 Å². The lowest BCUT2D eigenvalue weighted by Crippen LogP contribution is -2.48. The molecule has 7 heteroatoms. The van der Waals surface area contributed by atoms with Crippen LogP contribution in [0, 0.1) is 11.7 Å². The van der Waals surface area contributed by atoms with Crippen LogP contribution in [0.15, 0.2) is 18.2 Å². The van der Waals surface area contributed by atoms with E-state index in [0.717, 1.165) is 6.42 Å². The lowest BCUT2D eigenvalue weighted by molar-refractivity contribution is -0.121. The van der Waals surface area contributed by atoms with Crippen LogP contribution in [0.4, 0.5) is 14.9 Å². The van der Waals surface area contributed by atoms with Gasteiger partial charge in [-0.1, -0.05) is 11.6 Å². The molecule has 1 aliphatic rings. The average molecular weight is 342 g/mol. The van der Waals surface area contributed by atoms with Crippen LogP contribution in [0.3, 0.4) is 0 Å². The van der Waals surface area contributed by atoms with Crippen molar-refractivity contribution in [2.45, 2.75) is 19.8 Å². The molecule has 0 bridgehead atoms. The molecule has 5 nitrogen and oxygen atoms in total. The van der Waals surface area contributed by atoms with Gasteiger partial charge in [0.15, 0.2) is 0 Å². The van der Waals surface area contributed by atoms with Crippen molar-refractivity contribution in [2.24, 2.45) is 5.92 Å². The van der Waals surface area contributed by atoms with Crippen molar-refractivity contribution in [3.8, 4) is 0 Å². The van der Waals surface area contributed by atoms with E-state index in [-0.39, 0.29) is 22.9 Å². The largest absolute Gasteiger partial charge is 0.328 e. The van der Waals surface area contributed by atoms with E-state index in [1.807, 2.05) is 6.92 Å². The van der Waals surface area contributed by atoms with E-state index in [1.54, 1.807) is 22.9 Å². The maximum atomic E-state index is 13.4. The van der Waals surface area contributed by atoms with Gasteiger partial charge in [-0.3, -0.25) is 4.79 Å². The first-order chi connectivity index (χ1) is 10.9. The SMILES string of the molecule is CCN(C)C(=O)N1CCCC(C(=O)Nc2ccc(Cl)c(F)c2)C1. The van der Waals surface area contributed by atoms with E-state index in [1.165, 1.54) is 12.1 Å². The van der Waals surface area contributed by atoms with Gasteiger partial charge >= 0.3 is 6.03 Å². The number of halogens is 2. The monoisotopic (exact) mass is 341 g/mol. The van der Waals surface area contributed by atoms with Gasteiger partial charge in [0.2, 0.25) is 5.91 Å². The Hall–Kier alpha value is -1.82. The molecule has 0 saturated carbocycles. The Morgan fingerprint density at radius 1 is 1.48 bits per heavy atom. The minimum absolute atomic E-state index is 0.0139. The number of rotatable bonds is 3. The minimum atomic E-state index is -0.575. The Morgan fingerprint density at radius 2 is 2.22 bits per heavy atom. The van der Waals surface area contributed by atoms with Gasteiger partial charge in [0.25, 0.3) is 0 Å². The number of piperidine rings is 1. The summed E-state index contributed by atoms with van der Waals surface area (Å²) in [5.41, 5.74) is 0.367. The first-order valence-electron chi connectivity index (χ1n) is 7.68. The van der Waals surface area contributed by atoms with E-state index in [2.05, 4.69) is 5.32 Å². The topological polar surface area (TPSA) is 52.7 Å². The van der Waals surface area contributed by atoms with Crippen molar-refractivity contribution >= 4 is 29.2 Å². The van der Waals surface area contributed by atoms with Crippen LogP contribution < -0.4 is 5.32 Å². The zero-order chi connectivity index (χ0) is 17.0. The van der Waals surface area contributed by atoms with Crippen LogP contribution in [0.1, 0.15) is 19.8 Å². The van der Waals surface area contributed by atoms with Crippen molar-refractivity contribution < 1.29 is 14.0 Å². The third kappa shape index (κ3) is 4.34. The third-order valence-corrected chi connectivity index (χ3v) is 4.36. The van der Waals surface area contributed by atoms with Gasteiger partial charge in [0.05, 0.1) is 10.9 Å². The fourth-order valence-corrected chi connectivity index (χ4v) is 2.68. The predicted molar refractivity (Wildman–Crippen MR) is 88.0 cm³/mol. The van der Waals surface area contributed by atoms with Gasteiger partial charge in [-0.25, -0.2) is 9.18 Å². The van der Waals surface area contributed by atoms with E-state index in [9.17, 15) is 14.0 Å². The van der Waals surface area contributed by atoms with Gasteiger partial charge in [-0.15, -0.1) is 0 Å². The van der Waals surface area contributed by atoms with Crippen LogP contribution in [0.25, 0.3) is 0 Å². The number of urea groups is 1. The van der Waals surface area contributed by atoms with Crippen LogP contribution in [0.5, 0.6) is 0 Å². The Balaban J connectivity index is 1.99. The van der Waals surface area contributed by atoms with Crippen molar-refractivity contribution in [2.75, 3.05) is 32.0 Å². The van der Waals surface area contributed by atoms with Crippen molar-refractivity contribution in [1.29, 1.82) is 0 Å². The van der Waals surface area contributed by atoms with E-state index in [0.29, 0.717) is 31.7 Å². The zero-order valence-electron chi connectivity index (χ0n) is 13.3. The van der Waals surface area contributed by atoms with Crippen LogP contribution >= 0.6 is 11.6 Å². The predicted octanol–water partition coefficient (Wildman–Crippen LogP) is 3.20. The molecule has 0 aromatic heterocycles. The highest BCUT2D eigenvalue weighted by Crippen LogP contribution is 2.22. The number of benzene rings is 1. The number of likely N-dealkylation sites (tertiary alicyclic amines) is 1. The summed E-state index contributed by atoms with van der Waals surface area (Å²) < 4.78 is 13.4. The lowest BCUT2D eigenvalue weighted by atomic mass is 9.97. The Kier molecular flexibility index (Phi) is 5.82. The van der Waals surface area contributed by atoms with Crippen molar-refractivity contribution in [1.82, 2.24) is 9.80 Å². The molecule has 3 amide bonds. The summed E-state index contributed by atoms with van der Waals surface area (Å²) >= 11 is 5.63. The molecular formula is C16H21ClFN3O2. The van der Waals surface area contributed by atoms with Crippen molar-refractivity contribution in [3.05, 3.63) is 29.0 Å². The first kappa shape index (κ1) is 17.5. The van der Waals surface area contributed by atoms with E-state index >= 15 is 0 Å². The minimum Gasteiger partial charge on any atom is -0.328 e. The van der Waals surface area contributed by atoms with E-state index in [4.69, 9.17) is 11.6 Å². The first-order valence-corrected chi connectivity index (χ1v) is 8.06. The fraction of sp³-hybridized carbons (Fsp3) is 0.500. The molecule has 1 heterocycles. The normalized spacial score (nSPS) is 17.7. The Morgan fingerprint density at radius 3 is 2.87 bits per heavy atom.